The summed E-state index contributed by atoms with van der Waals surface area (Å²) in [5.74, 6) is 0. The lowest BCUT2D eigenvalue weighted by Gasteiger charge is -2.02. The average Bonchev–Trinajstić information content (AvgIpc) is 1.82. The molecule has 3 heteroatoms. The molecule has 2 nitrogen and oxygen atoms in total. The van der Waals surface area contributed by atoms with E-state index in [0.717, 1.165) is 19.3 Å². The van der Waals surface area contributed by atoms with Gasteiger partial charge in [-0.05, 0) is 12.8 Å². The second kappa shape index (κ2) is 4.79. The van der Waals surface area contributed by atoms with Crippen LogP contribution in [0, 0.1) is 0 Å². The summed E-state index contributed by atoms with van der Waals surface area (Å²) in [6, 6.07) is 0. The van der Waals surface area contributed by atoms with E-state index in [1.165, 1.54) is 0 Å². The van der Waals surface area contributed by atoms with Crippen molar-refractivity contribution >= 4 is 10.7 Å². The number of hydrogen-bond acceptors (Lipinski definition) is 2. The number of thiol groups is 1. The fourth-order valence-electron chi connectivity index (χ4n) is 0.792. The van der Waals surface area contributed by atoms with E-state index < -0.39 is 10.7 Å². The molecule has 0 fully saturated rings. The maximum absolute atomic E-state index is 10.4. The zero-order valence-electron chi connectivity index (χ0n) is 5.96. The molecule has 0 aliphatic carbocycles. The van der Waals surface area contributed by atoms with Crippen molar-refractivity contribution < 1.29 is 8.42 Å². The molecule has 0 saturated carbocycles. The van der Waals surface area contributed by atoms with Crippen molar-refractivity contribution in [2.75, 3.05) is 0 Å². The first-order chi connectivity index (χ1) is 4.22. The third-order valence-corrected chi connectivity index (χ3v) is 2.61. The maximum Gasteiger partial charge on any atom is 0.142 e. The molecule has 0 rings (SSSR count). The first-order valence-corrected chi connectivity index (χ1v) is 4.60. The van der Waals surface area contributed by atoms with Crippen LogP contribution < -0.4 is 0 Å². The Morgan fingerprint density at radius 3 is 2.00 bits per heavy atom. The molecule has 0 heterocycles. The van der Waals surface area contributed by atoms with Gasteiger partial charge in [0, 0.05) is 0 Å². The van der Waals surface area contributed by atoms with E-state index in [-0.39, 0.29) is 5.25 Å². The molecule has 0 aliphatic heterocycles. The van der Waals surface area contributed by atoms with Gasteiger partial charge in [0.05, 0.1) is 5.25 Å². The van der Waals surface area contributed by atoms with Crippen LogP contribution in [0.3, 0.4) is 0 Å². The highest BCUT2D eigenvalue weighted by Crippen LogP contribution is 2.03. The second-order valence-corrected chi connectivity index (χ2v) is 3.44. The second-order valence-electron chi connectivity index (χ2n) is 2.14. The minimum atomic E-state index is -2.17. The molecule has 56 valence electrons. The lowest BCUT2D eigenvalue weighted by Crippen LogP contribution is -2.06. The third-order valence-electron chi connectivity index (χ3n) is 1.39. The topological polar surface area (TPSA) is 34.1 Å². The van der Waals surface area contributed by atoms with Gasteiger partial charge in [-0.25, -0.2) is 8.42 Å². The van der Waals surface area contributed by atoms with Gasteiger partial charge >= 0.3 is 0 Å². The molecule has 0 amide bonds. The van der Waals surface area contributed by atoms with E-state index in [4.69, 9.17) is 0 Å². The summed E-state index contributed by atoms with van der Waals surface area (Å²) >= 11 is 0. The van der Waals surface area contributed by atoms with Crippen LogP contribution >= 0.6 is 0 Å². The highest BCUT2D eigenvalue weighted by molar-refractivity contribution is 7.73. The lowest BCUT2D eigenvalue weighted by atomic mass is 10.2. The van der Waals surface area contributed by atoms with Crippen molar-refractivity contribution in [2.45, 2.75) is 38.4 Å². The van der Waals surface area contributed by atoms with Gasteiger partial charge in [0.2, 0.25) is 0 Å². The third kappa shape index (κ3) is 3.51. The summed E-state index contributed by atoms with van der Waals surface area (Å²) in [7, 11) is -2.17. The number of rotatable bonds is 4. The predicted molar refractivity (Wildman–Crippen MR) is 39.3 cm³/mol. The van der Waals surface area contributed by atoms with Crippen molar-refractivity contribution in [3.05, 3.63) is 0 Å². The largest absolute Gasteiger partial charge is 0.232 e. The Morgan fingerprint density at radius 1 is 1.33 bits per heavy atom. The normalized spacial score (nSPS) is 14.1. The first kappa shape index (κ1) is 8.95. The van der Waals surface area contributed by atoms with Crippen LogP contribution in [-0.4, -0.2) is 13.7 Å². The zero-order chi connectivity index (χ0) is 7.28. The molecule has 0 radical (unpaired) electrons. The lowest BCUT2D eigenvalue weighted by molar-refractivity contribution is 0.584. The maximum atomic E-state index is 10.4. The average molecular weight is 150 g/mol. The van der Waals surface area contributed by atoms with E-state index in [9.17, 15) is 8.42 Å². The van der Waals surface area contributed by atoms with Gasteiger partial charge < -0.3 is 0 Å². The molecule has 0 spiro atoms. The van der Waals surface area contributed by atoms with Gasteiger partial charge in [-0.15, -0.1) is 0 Å². The minimum Gasteiger partial charge on any atom is -0.232 e. The fourth-order valence-corrected chi connectivity index (χ4v) is 1.56. The standard InChI is InChI=1S/C6H14O2S/c1-3-5-6(4-2)9(7)8/h6,9H,3-5H2,1-2H3. The van der Waals surface area contributed by atoms with Crippen LogP contribution in [0.1, 0.15) is 33.1 Å². The monoisotopic (exact) mass is 150 g/mol. The van der Waals surface area contributed by atoms with Gasteiger partial charge in [0.15, 0.2) is 0 Å². The Labute approximate surface area is 58.2 Å². The Morgan fingerprint density at radius 2 is 1.89 bits per heavy atom. The summed E-state index contributed by atoms with van der Waals surface area (Å²) in [5, 5.41) is -0.0787. The van der Waals surface area contributed by atoms with Gasteiger partial charge in [-0.2, -0.15) is 0 Å². The molecule has 1 unspecified atom stereocenters. The smallest absolute Gasteiger partial charge is 0.142 e. The van der Waals surface area contributed by atoms with E-state index in [1.807, 2.05) is 13.8 Å². The van der Waals surface area contributed by atoms with Crippen LogP contribution in [0.25, 0.3) is 0 Å². The van der Waals surface area contributed by atoms with E-state index in [2.05, 4.69) is 0 Å². The SMILES string of the molecule is CCCC(CC)[SH](=O)=O. The predicted octanol–water partition coefficient (Wildman–Crippen LogP) is 1.18. The molecule has 0 aromatic carbocycles. The Hall–Kier alpha value is -0.0500. The Kier molecular flexibility index (Phi) is 4.77. The molecular formula is C6H14O2S. The zero-order valence-corrected chi connectivity index (χ0v) is 6.86. The van der Waals surface area contributed by atoms with Gasteiger partial charge in [-0.1, -0.05) is 20.3 Å². The van der Waals surface area contributed by atoms with Crippen molar-refractivity contribution in [1.82, 2.24) is 0 Å². The van der Waals surface area contributed by atoms with Crippen molar-refractivity contribution in [3.63, 3.8) is 0 Å². The van der Waals surface area contributed by atoms with Crippen LogP contribution in [-0.2, 0) is 10.7 Å². The molecule has 0 saturated heterocycles. The summed E-state index contributed by atoms with van der Waals surface area (Å²) in [4.78, 5) is 0. The highest BCUT2D eigenvalue weighted by atomic mass is 32.2. The van der Waals surface area contributed by atoms with Crippen molar-refractivity contribution in [3.8, 4) is 0 Å². The van der Waals surface area contributed by atoms with Gasteiger partial charge in [-0.3, -0.25) is 0 Å². The molecule has 0 bridgehead atoms. The molecule has 9 heavy (non-hydrogen) atoms. The molecule has 0 aromatic rings. The summed E-state index contributed by atoms with van der Waals surface area (Å²) in [5.41, 5.74) is 0. The molecule has 1 atom stereocenters. The first-order valence-electron chi connectivity index (χ1n) is 3.35. The fraction of sp³-hybridized carbons (Fsp3) is 1.00. The molecule has 0 N–H and O–H groups in total. The molecule has 0 aliphatic rings. The van der Waals surface area contributed by atoms with E-state index >= 15 is 0 Å². The van der Waals surface area contributed by atoms with Gasteiger partial charge in [0.25, 0.3) is 0 Å². The van der Waals surface area contributed by atoms with Gasteiger partial charge in [0.1, 0.15) is 10.7 Å². The molecule has 0 aromatic heterocycles. The number of hydrogen-bond donors (Lipinski definition) is 1. The van der Waals surface area contributed by atoms with Crippen LogP contribution in [0.2, 0.25) is 0 Å². The van der Waals surface area contributed by atoms with Crippen LogP contribution in [0.4, 0.5) is 0 Å². The van der Waals surface area contributed by atoms with Crippen LogP contribution in [0.5, 0.6) is 0 Å². The summed E-state index contributed by atoms with van der Waals surface area (Å²) < 4.78 is 20.7. The summed E-state index contributed by atoms with van der Waals surface area (Å²) in [6.07, 6.45) is 2.53. The van der Waals surface area contributed by atoms with E-state index in [1.54, 1.807) is 0 Å². The molecular weight excluding hydrogens is 136 g/mol. The van der Waals surface area contributed by atoms with Crippen molar-refractivity contribution in [2.24, 2.45) is 0 Å². The highest BCUT2D eigenvalue weighted by Gasteiger charge is 2.05. The summed E-state index contributed by atoms with van der Waals surface area (Å²) in [6.45, 7) is 3.91. The van der Waals surface area contributed by atoms with E-state index in [0.29, 0.717) is 0 Å². The van der Waals surface area contributed by atoms with Crippen LogP contribution in [0.15, 0.2) is 0 Å². The minimum absolute atomic E-state index is 0.0787. The Bertz CT molecular complexity index is 121. The van der Waals surface area contributed by atoms with Crippen molar-refractivity contribution in [1.29, 1.82) is 0 Å². The quantitative estimate of drug-likeness (QED) is 0.610. The Balaban J connectivity index is 3.68.